The van der Waals surface area contributed by atoms with Gasteiger partial charge < -0.3 is 10.2 Å². The van der Waals surface area contributed by atoms with Crippen LogP contribution in [0.15, 0.2) is 112 Å². The van der Waals surface area contributed by atoms with E-state index in [1.54, 1.807) is 24.3 Å². The summed E-state index contributed by atoms with van der Waals surface area (Å²) in [6.45, 7) is 7.23. The Balaban J connectivity index is 1.83. The standard InChI is InChI=1S/C36H40BrN3O4S/c1-5-28(4)38-36(42)34(23-29-13-8-6-9-14-29)39(24-30-15-12-16-31(37)22-30)35(41)25-40(33-21-26(2)19-20-27(33)3)45(43,44)32-17-10-7-11-18-32/h6-22,28,34H,5,23-25H2,1-4H3,(H,38,42). The van der Waals surface area contributed by atoms with E-state index in [9.17, 15) is 18.0 Å². The molecule has 0 bridgehead atoms. The highest BCUT2D eigenvalue weighted by Crippen LogP contribution is 2.29. The van der Waals surface area contributed by atoms with Crippen molar-refractivity contribution in [1.82, 2.24) is 10.2 Å². The largest absolute Gasteiger partial charge is 0.352 e. The van der Waals surface area contributed by atoms with Crippen molar-refractivity contribution in [2.24, 2.45) is 0 Å². The zero-order valence-electron chi connectivity index (χ0n) is 26.1. The molecule has 2 amide bonds. The van der Waals surface area contributed by atoms with Gasteiger partial charge in [-0.3, -0.25) is 13.9 Å². The fourth-order valence-electron chi connectivity index (χ4n) is 5.05. The van der Waals surface area contributed by atoms with Gasteiger partial charge in [0, 0.05) is 23.5 Å². The highest BCUT2D eigenvalue weighted by Gasteiger charge is 2.35. The number of halogens is 1. The first-order chi connectivity index (χ1) is 21.5. The predicted molar refractivity (Wildman–Crippen MR) is 183 cm³/mol. The van der Waals surface area contributed by atoms with Gasteiger partial charge in [-0.05, 0) is 79.8 Å². The van der Waals surface area contributed by atoms with Crippen LogP contribution in [0.25, 0.3) is 0 Å². The maximum atomic E-state index is 14.6. The van der Waals surface area contributed by atoms with E-state index in [-0.39, 0.29) is 29.8 Å². The summed E-state index contributed by atoms with van der Waals surface area (Å²) in [7, 11) is -4.15. The second-order valence-electron chi connectivity index (χ2n) is 11.3. The molecule has 0 aromatic heterocycles. The molecule has 0 radical (unpaired) electrons. The number of sulfonamides is 1. The molecule has 0 saturated heterocycles. The molecule has 0 fully saturated rings. The van der Waals surface area contributed by atoms with Crippen LogP contribution >= 0.6 is 15.9 Å². The number of hydrogen-bond acceptors (Lipinski definition) is 4. The lowest BCUT2D eigenvalue weighted by atomic mass is 10.0. The molecular formula is C36H40BrN3O4S. The summed E-state index contributed by atoms with van der Waals surface area (Å²) in [6, 6.07) is 29.7. The van der Waals surface area contributed by atoms with Crippen LogP contribution in [0.3, 0.4) is 0 Å². The smallest absolute Gasteiger partial charge is 0.264 e. The van der Waals surface area contributed by atoms with Gasteiger partial charge in [-0.2, -0.15) is 0 Å². The number of hydrogen-bond donors (Lipinski definition) is 1. The quantitative estimate of drug-likeness (QED) is 0.167. The van der Waals surface area contributed by atoms with E-state index in [2.05, 4.69) is 21.2 Å². The Morgan fingerprint density at radius 3 is 2.13 bits per heavy atom. The first kappa shape index (κ1) is 33.9. The number of carbonyl (C=O) groups is 2. The number of anilines is 1. The van der Waals surface area contributed by atoms with Crippen molar-refractivity contribution in [1.29, 1.82) is 0 Å². The number of benzene rings is 4. The third-order valence-electron chi connectivity index (χ3n) is 7.76. The number of rotatable bonds is 13. The van der Waals surface area contributed by atoms with Crippen molar-refractivity contribution in [2.45, 2.75) is 64.1 Å². The van der Waals surface area contributed by atoms with Gasteiger partial charge in [-0.25, -0.2) is 8.42 Å². The van der Waals surface area contributed by atoms with Crippen LogP contribution in [0.5, 0.6) is 0 Å². The minimum atomic E-state index is -4.15. The summed E-state index contributed by atoms with van der Waals surface area (Å²) in [5, 5.41) is 3.07. The zero-order chi connectivity index (χ0) is 32.6. The average Bonchev–Trinajstić information content (AvgIpc) is 3.03. The Morgan fingerprint density at radius 2 is 1.49 bits per heavy atom. The van der Waals surface area contributed by atoms with Gasteiger partial charge in [0.05, 0.1) is 10.6 Å². The fraction of sp³-hybridized carbons (Fsp3) is 0.278. The lowest BCUT2D eigenvalue weighted by molar-refractivity contribution is -0.140. The maximum absolute atomic E-state index is 14.6. The number of amides is 2. The number of aryl methyl sites for hydroxylation is 2. The molecule has 0 aliphatic carbocycles. The fourth-order valence-corrected chi connectivity index (χ4v) is 6.99. The van der Waals surface area contributed by atoms with Crippen LogP contribution in [0.1, 0.15) is 42.5 Å². The van der Waals surface area contributed by atoms with E-state index in [0.29, 0.717) is 11.3 Å². The Morgan fingerprint density at radius 1 is 0.844 bits per heavy atom. The first-order valence-corrected chi connectivity index (χ1v) is 17.3. The van der Waals surface area contributed by atoms with Crippen molar-refractivity contribution < 1.29 is 18.0 Å². The molecule has 0 heterocycles. The average molecular weight is 691 g/mol. The van der Waals surface area contributed by atoms with Gasteiger partial charge in [0.25, 0.3) is 10.0 Å². The third kappa shape index (κ3) is 8.83. The van der Waals surface area contributed by atoms with Gasteiger partial charge >= 0.3 is 0 Å². The molecule has 2 atom stereocenters. The summed E-state index contributed by atoms with van der Waals surface area (Å²) >= 11 is 3.52. The van der Waals surface area contributed by atoms with Gasteiger partial charge in [0.15, 0.2) is 0 Å². The summed E-state index contributed by atoms with van der Waals surface area (Å²) in [6.07, 6.45) is 0.983. The second kappa shape index (κ2) is 15.4. The van der Waals surface area contributed by atoms with Crippen molar-refractivity contribution in [3.8, 4) is 0 Å². The molecule has 0 aliphatic rings. The number of carbonyl (C=O) groups excluding carboxylic acids is 2. The van der Waals surface area contributed by atoms with Gasteiger partial charge in [0.1, 0.15) is 12.6 Å². The molecule has 4 aromatic rings. The molecular weight excluding hydrogens is 650 g/mol. The molecule has 0 spiro atoms. The van der Waals surface area contributed by atoms with Crippen molar-refractivity contribution in [3.63, 3.8) is 0 Å². The Hall–Kier alpha value is -3.95. The van der Waals surface area contributed by atoms with E-state index in [4.69, 9.17) is 0 Å². The van der Waals surface area contributed by atoms with E-state index >= 15 is 0 Å². The van der Waals surface area contributed by atoms with Crippen LogP contribution < -0.4 is 9.62 Å². The number of nitrogens with zero attached hydrogens (tertiary/aromatic N) is 2. The molecule has 9 heteroatoms. The first-order valence-electron chi connectivity index (χ1n) is 15.0. The minimum absolute atomic E-state index is 0.0765. The molecule has 4 aromatic carbocycles. The van der Waals surface area contributed by atoms with Gasteiger partial charge in [0.2, 0.25) is 11.8 Å². The zero-order valence-corrected chi connectivity index (χ0v) is 28.5. The van der Waals surface area contributed by atoms with Crippen molar-refractivity contribution in [3.05, 3.63) is 130 Å². The second-order valence-corrected chi connectivity index (χ2v) is 14.1. The lowest BCUT2D eigenvalue weighted by Crippen LogP contribution is -2.54. The molecule has 1 N–H and O–H groups in total. The van der Waals surface area contributed by atoms with Crippen LogP contribution in [0.4, 0.5) is 5.69 Å². The van der Waals surface area contributed by atoms with Crippen molar-refractivity contribution >= 4 is 43.5 Å². The normalized spacial score (nSPS) is 12.6. The predicted octanol–water partition coefficient (Wildman–Crippen LogP) is 6.82. The van der Waals surface area contributed by atoms with Crippen LogP contribution in [-0.4, -0.2) is 43.8 Å². The lowest BCUT2D eigenvalue weighted by Gasteiger charge is -2.34. The molecule has 4 rings (SSSR count). The van der Waals surface area contributed by atoms with E-state index in [1.807, 2.05) is 94.4 Å². The third-order valence-corrected chi connectivity index (χ3v) is 10.0. The van der Waals surface area contributed by atoms with Crippen LogP contribution in [-0.2, 0) is 32.6 Å². The number of nitrogens with one attached hydrogen (secondary N) is 1. The van der Waals surface area contributed by atoms with E-state index in [1.165, 1.54) is 21.3 Å². The summed E-state index contributed by atoms with van der Waals surface area (Å²) in [5.41, 5.74) is 3.67. The molecule has 2 unspecified atom stereocenters. The summed E-state index contributed by atoms with van der Waals surface area (Å²) < 4.78 is 30.4. The monoisotopic (exact) mass is 689 g/mol. The Kier molecular flexibility index (Phi) is 11.6. The molecule has 45 heavy (non-hydrogen) atoms. The highest BCUT2D eigenvalue weighted by molar-refractivity contribution is 9.10. The van der Waals surface area contributed by atoms with Crippen LogP contribution in [0.2, 0.25) is 0 Å². The Labute approximate surface area is 275 Å². The summed E-state index contributed by atoms with van der Waals surface area (Å²) in [5.74, 6) is -0.781. The molecule has 236 valence electrons. The molecule has 0 saturated carbocycles. The van der Waals surface area contributed by atoms with Gasteiger partial charge in [-0.15, -0.1) is 0 Å². The van der Waals surface area contributed by atoms with E-state index in [0.717, 1.165) is 27.6 Å². The van der Waals surface area contributed by atoms with Crippen molar-refractivity contribution in [2.75, 3.05) is 10.8 Å². The molecule has 0 aliphatic heterocycles. The topological polar surface area (TPSA) is 86.8 Å². The SMILES string of the molecule is CCC(C)NC(=O)C(Cc1ccccc1)N(Cc1cccc(Br)c1)C(=O)CN(c1cc(C)ccc1C)S(=O)(=O)c1ccccc1. The minimum Gasteiger partial charge on any atom is -0.352 e. The Bertz CT molecular complexity index is 1720. The van der Waals surface area contributed by atoms with E-state index < -0.39 is 28.5 Å². The van der Waals surface area contributed by atoms with Crippen LogP contribution in [0, 0.1) is 13.8 Å². The van der Waals surface area contributed by atoms with Gasteiger partial charge in [-0.1, -0.05) is 95.7 Å². The molecule has 7 nitrogen and oxygen atoms in total. The summed E-state index contributed by atoms with van der Waals surface area (Å²) in [4.78, 5) is 30.2. The highest BCUT2D eigenvalue weighted by atomic mass is 79.9. The maximum Gasteiger partial charge on any atom is 0.264 e.